The Labute approximate surface area is 157 Å². The Morgan fingerprint density at radius 3 is 2.46 bits per heavy atom. The van der Waals surface area contributed by atoms with E-state index in [1.807, 2.05) is 30.3 Å². The lowest BCUT2D eigenvalue weighted by atomic mass is 10.1. The van der Waals surface area contributed by atoms with Crippen LogP contribution >= 0.6 is 11.3 Å². The number of nitrogens with one attached hydrogen (secondary N) is 1. The molecule has 0 atom stereocenters. The van der Waals surface area contributed by atoms with Gasteiger partial charge < -0.3 is 5.32 Å². The highest BCUT2D eigenvalue weighted by Gasteiger charge is 2.20. The Balaban J connectivity index is 1.64. The molecule has 7 heteroatoms. The van der Waals surface area contributed by atoms with Gasteiger partial charge in [0.1, 0.15) is 5.75 Å². The summed E-state index contributed by atoms with van der Waals surface area (Å²) >= 11 is 1.67. The number of rotatable bonds is 6. The number of thiazole rings is 1. The van der Waals surface area contributed by atoms with Crippen molar-refractivity contribution in [1.29, 1.82) is 0 Å². The van der Waals surface area contributed by atoms with E-state index in [2.05, 4.69) is 16.4 Å². The number of carbonyl (C=O) groups is 1. The SMILES string of the molecule is CC(C)S(=O)(=O)CC(=O)Nc1ccc(Cc2nc3ccccc3s2)cc1. The largest absolute Gasteiger partial charge is 0.325 e. The fourth-order valence-corrected chi connectivity index (χ4v) is 4.20. The van der Waals surface area contributed by atoms with Crippen molar-refractivity contribution < 1.29 is 13.2 Å². The minimum absolute atomic E-state index is 0.502. The van der Waals surface area contributed by atoms with Gasteiger partial charge in [-0.3, -0.25) is 4.79 Å². The van der Waals surface area contributed by atoms with Crippen molar-refractivity contribution in [3.63, 3.8) is 0 Å². The number of benzene rings is 2. The van der Waals surface area contributed by atoms with Crippen LogP contribution < -0.4 is 5.32 Å². The van der Waals surface area contributed by atoms with Crippen LogP contribution in [0.5, 0.6) is 0 Å². The van der Waals surface area contributed by atoms with E-state index in [0.29, 0.717) is 5.69 Å². The molecule has 0 fully saturated rings. The van der Waals surface area contributed by atoms with Crippen LogP contribution in [0.3, 0.4) is 0 Å². The van der Waals surface area contributed by atoms with E-state index >= 15 is 0 Å². The van der Waals surface area contributed by atoms with Crippen molar-refractivity contribution in [1.82, 2.24) is 4.98 Å². The second-order valence-corrected chi connectivity index (χ2v) is 10.0. The number of aromatic nitrogens is 1. The molecule has 0 bridgehead atoms. The van der Waals surface area contributed by atoms with Gasteiger partial charge >= 0.3 is 0 Å². The van der Waals surface area contributed by atoms with Gasteiger partial charge in [0.25, 0.3) is 0 Å². The average molecular weight is 389 g/mol. The topological polar surface area (TPSA) is 76.1 Å². The van der Waals surface area contributed by atoms with Gasteiger partial charge in [0.05, 0.1) is 20.5 Å². The minimum atomic E-state index is -3.40. The zero-order chi connectivity index (χ0) is 18.7. The van der Waals surface area contributed by atoms with E-state index in [9.17, 15) is 13.2 Å². The van der Waals surface area contributed by atoms with Crippen LogP contribution in [0.2, 0.25) is 0 Å². The fourth-order valence-electron chi connectivity index (χ4n) is 2.42. The lowest BCUT2D eigenvalue weighted by Crippen LogP contribution is -2.27. The van der Waals surface area contributed by atoms with Crippen LogP contribution in [-0.2, 0) is 21.1 Å². The summed E-state index contributed by atoms with van der Waals surface area (Å²) in [7, 11) is -3.40. The number of para-hydroxylation sites is 1. The maximum Gasteiger partial charge on any atom is 0.239 e. The average Bonchev–Trinajstić information content (AvgIpc) is 2.98. The Morgan fingerprint density at radius 1 is 1.12 bits per heavy atom. The third kappa shape index (κ3) is 4.47. The molecule has 3 rings (SSSR count). The first kappa shape index (κ1) is 18.5. The van der Waals surface area contributed by atoms with Crippen molar-refractivity contribution in [3.8, 4) is 0 Å². The summed E-state index contributed by atoms with van der Waals surface area (Å²) < 4.78 is 24.8. The number of hydrogen-bond donors (Lipinski definition) is 1. The van der Waals surface area contributed by atoms with Crippen LogP contribution in [0.15, 0.2) is 48.5 Å². The third-order valence-corrected chi connectivity index (χ3v) is 7.12. The molecule has 26 heavy (non-hydrogen) atoms. The number of nitrogens with zero attached hydrogens (tertiary/aromatic N) is 1. The molecule has 0 aliphatic rings. The summed E-state index contributed by atoms with van der Waals surface area (Å²) in [5.41, 5.74) is 2.67. The van der Waals surface area contributed by atoms with Gasteiger partial charge in [-0.05, 0) is 43.7 Å². The monoisotopic (exact) mass is 388 g/mol. The first-order valence-electron chi connectivity index (χ1n) is 8.28. The van der Waals surface area contributed by atoms with Crippen LogP contribution in [0.4, 0.5) is 5.69 Å². The van der Waals surface area contributed by atoms with Gasteiger partial charge in [-0.15, -0.1) is 11.3 Å². The van der Waals surface area contributed by atoms with E-state index in [4.69, 9.17) is 0 Å². The normalized spacial score (nSPS) is 11.8. The predicted molar refractivity (Wildman–Crippen MR) is 106 cm³/mol. The van der Waals surface area contributed by atoms with Crippen molar-refractivity contribution in [2.75, 3.05) is 11.1 Å². The fraction of sp³-hybridized carbons (Fsp3) is 0.263. The molecule has 0 radical (unpaired) electrons. The Bertz CT molecular complexity index is 989. The minimum Gasteiger partial charge on any atom is -0.325 e. The van der Waals surface area contributed by atoms with E-state index in [0.717, 1.165) is 27.2 Å². The van der Waals surface area contributed by atoms with Gasteiger partial charge in [-0.25, -0.2) is 13.4 Å². The maximum atomic E-state index is 11.9. The molecule has 1 amide bonds. The summed E-state index contributed by atoms with van der Waals surface area (Å²) in [6.45, 7) is 3.14. The second kappa shape index (κ2) is 7.55. The van der Waals surface area contributed by atoms with Crippen molar-refractivity contribution in [3.05, 3.63) is 59.1 Å². The molecule has 0 aliphatic heterocycles. The molecule has 3 aromatic rings. The van der Waals surface area contributed by atoms with Gasteiger partial charge in [0.15, 0.2) is 9.84 Å². The highest BCUT2D eigenvalue weighted by Crippen LogP contribution is 2.24. The van der Waals surface area contributed by atoms with Gasteiger partial charge in [0.2, 0.25) is 5.91 Å². The van der Waals surface area contributed by atoms with Crippen LogP contribution in [-0.4, -0.2) is 30.3 Å². The summed E-state index contributed by atoms with van der Waals surface area (Å²) in [5, 5.41) is 3.10. The maximum absolute atomic E-state index is 11.9. The van der Waals surface area contributed by atoms with Gasteiger partial charge in [0, 0.05) is 12.1 Å². The predicted octanol–water partition coefficient (Wildman–Crippen LogP) is 3.65. The molecule has 1 aromatic heterocycles. The summed E-state index contributed by atoms with van der Waals surface area (Å²) in [6.07, 6.45) is 0.718. The smallest absolute Gasteiger partial charge is 0.239 e. The lowest BCUT2D eigenvalue weighted by Gasteiger charge is -2.09. The number of hydrogen-bond acceptors (Lipinski definition) is 5. The molecule has 5 nitrogen and oxygen atoms in total. The molecule has 0 aliphatic carbocycles. The van der Waals surface area contributed by atoms with Crippen molar-refractivity contribution in [2.45, 2.75) is 25.5 Å². The van der Waals surface area contributed by atoms with Crippen LogP contribution in [0.1, 0.15) is 24.4 Å². The zero-order valence-electron chi connectivity index (χ0n) is 14.6. The summed E-state index contributed by atoms with van der Waals surface area (Å²) in [6, 6.07) is 15.4. The highest BCUT2D eigenvalue weighted by molar-refractivity contribution is 7.92. The quantitative estimate of drug-likeness (QED) is 0.699. The standard InChI is InChI=1S/C19H20N2O3S2/c1-13(2)26(23,24)12-18(22)20-15-9-7-14(8-10-15)11-19-21-16-5-3-4-6-17(16)25-19/h3-10,13H,11-12H2,1-2H3,(H,20,22). The molecule has 136 valence electrons. The molecule has 0 unspecified atom stereocenters. The van der Waals surface area contributed by atoms with Gasteiger partial charge in [-0.2, -0.15) is 0 Å². The molecule has 0 saturated heterocycles. The van der Waals surface area contributed by atoms with Crippen molar-refractivity contribution >= 4 is 43.0 Å². The second-order valence-electron chi connectivity index (χ2n) is 6.35. The van der Waals surface area contributed by atoms with E-state index < -0.39 is 26.7 Å². The number of carbonyl (C=O) groups excluding carboxylic acids is 1. The summed E-state index contributed by atoms with van der Waals surface area (Å²) in [4.78, 5) is 16.5. The molecule has 1 heterocycles. The Hall–Kier alpha value is -2.25. The molecule has 0 spiro atoms. The number of anilines is 1. The summed E-state index contributed by atoms with van der Waals surface area (Å²) in [5.74, 6) is -1.02. The first-order chi connectivity index (χ1) is 12.3. The number of sulfone groups is 1. The Kier molecular flexibility index (Phi) is 5.38. The van der Waals surface area contributed by atoms with E-state index in [-0.39, 0.29) is 0 Å². The first-order valence-corrected chi connectivity index (χ1v) is 10.8. The molecular weight excluding hydrogens is 368 g/mol. The van der Waals surface area contributed by atoms with Gasteiger partial charge in [-0.1, -0.05) is 24.3 Å². The highest BCUT2D eigenvalue weighted by atomic mass is 32.2. The van der Waals surface area contributed by atoms with E-state index in [1.54, 1.807) is 37.3 Å². The molecule has 2 aromatic carbocycles. The third-order valence-electron chi connectivity index (χ3n) is 3.98. The van der Waals surface area contributed by atoms with Crippen molar-refractivity contribution in [2.24, 2.45) is 0 Å². The van der Waals surface area contributed by atoms with E-state index in [1.165, 1.54) is 0 Å². The zero-order valence-corrected chi connectivity index (χ0v) is 16.2. The number of fused-ring (bicyclic) bond motifs is 1. The molecular formula is C19H20N2O3S2. The van der Waals surface area contributed by atoms with Crippen LogP contribution in [0.25, 0.3) is 10.2 Å². The molecule has 0 saturated carbocycles. The Morgan fingerprint density at radius 2 is 1.81 bits per heavy atom. The number of amides is 1. The lowest BCUT2D eigenvalue weighted by molar-refractivity contribution is -0.113. The van der Waals surface area contributed by atoms with Crippen LogP contribution in [0, 0.1) is 0 Å². The molecule has 1 N–H and O–H groups in total.